The van der Waals surface area contributed by atoms with Gasteiger partial charge in [-0.25, -0.2) is 4.98 Å². The first-order chi connectivity index (χ1) is 17.9. The average Bonchev–Trinajstić information content (AvgIpc) is 3.42. The molecule has 0 unspecified atom stereocenters. The number of aromatic nitrogens is 1. The van der Waals surface area contributed by atoms with E-state index in [0.717, 1.165) is 33.0 Å². The fourth-order valence-corrected chi connectivity index (χ4v) is 6.72. The second-order valence-corrected chi connectivity index (χ2v) is 12.4. The molecule has 37 heavy (non-hydrogen) atoms. The highest BCUT2D eigenvalue weighted by atomic mass is 35.5. The van der Waals surface area contributed by atoms with Gasteiger partial charge in [-0.3, -0.25) is 30.1 Å². The number of hydrogen-bond donors (Lipinski definition) is 2. The van der Waals surface area contributed by atoms with Crippen molar-refractivity contribution < 1.29 is 14.4 Å². The number of carbonyl (C=O) groups is 3. The molecular weight excluding hydrogens is 568 g/mol. The van der Waals surface area contributed by atoms with Crippen molar-refractivity contribution in [3.63, 3.8) is 0 Å². The van der Waals surface area contributed by atoms with Crippen LogP contribution in [0.3, 0.4) is 0 Å². The van der Waals surface area contributed by atoms with E-state index in [9.17, 15) is 14.4 Å². The minimum absolute atomic E-state index is 0.103. The van der Waals surface area contributed by atoms with Gasteiger partial charge in [0.2, 0.25) is 11.8 Å². The number of hydrazine groups is 1. The average molecular weight is 591 g/mol. The number of thioether (sulfide) groups is 2. The van der Waals surface area contributed by atoms with Gasteiger partial charge in [0.1, 0.15) is 4.32 Å². The maximum atomic E-state index is 12.7. The second-order valence-electron chi connectivity index (χ2n) is 8.03. The normalized spacial score (nSPS) is 14.5. The van der Waals surface area contributed by atoms with Crippen LogP contribution in [-0.2, 0) is 14.4 Å². The topological polar surface area (TPSA) is 91.4 Å². The zero-order valence-electron chi connectivity index (χ0n) is 19.6. The molecule has 12 heteroatoms. The standard InChI is InChI=1S/C25H23ClN4O3S4/c26-17-11-9-16(10-12-17)14-20-23(33)30(25(34)37-20)13-5-1-2-8-21(31)28-29-22(32)15-35-24-27-18-6-3-4-7-19(18)36-24/h3-4,6-7,9-12,14H,1-2,5,8,13,15H2,(H,28,31)(H,29,32)/b20-14-. The molecule has 2 aromatic carbocycles. The van der Waals surface area contributed by atoms with Crippen LogP contribution in [-0.4, -0.2) is 44.2 Å². The summed E-state index contributed by atoms with van der Waals surface area (Å²) in [6.45, 7) is 0.504. The number of unbranched alkanes of at least 4 members (excludes halogenated alkanes) is 2. The molecule has 192 valence electrons. The van der Waals surface area contributed by atoms with E-state index in [1.165, 1.54) is 34.9 Å². The number of benzene rings is 2. The van der Waals surface area contributed by atoms with Gasteiger partial charge in [-0.05, 0) is 48.7 Å². The molecule has 1 fully saturated rings. The number of carbonyl (C=O) groups excluding carboxylic acids is 3. The molecule has 0 atom stereocenters. The van der Waals surface area contributed by atoms with Crippen LogP contribution in [0.4, 0.5) is 0 Å². The second kappa shape index (κ2) is 13.4. The monoisotopic (exact) mass is 590 g/mol. The Bertz CT molecular complexity index is 1310. The highest BCUT2D eigenvalue weighted by Gasteiger charge is 2.31. The number of rotatable bonds is 10. The lowest BCUT2D eigenvalue weighted by molar-refractivity contribution is -0.127. The largest absolute Gasteiger partial charge is 0.293 e. The van der Waals surface area contributed by atoms with Crippen molar-refractivity contribution in [1.82, 2.24) is 20.7 Å². The van der Waals surface area contributed by atoms with Crippen LogP contribution in [0.1, 0.15) is 31.2 Å². The molecule has 3 amide bonds. The Morgan fingerprint density at radius 1 is 1.05 bits per heavy atom. The highest BCUT2D eigenvalue weighted by Crippen LogP contribution is 2.33. The van der Waals surface area contributed by atoms with E-state index in [-0.39, 0.29) is 29.9 Å². The molecule has 0 radical (unpaired) electrons. The molecule has 2 N–H and O–H groups in total. The van der Waals surface area contributed by atoms with Gasteiger partial charge < -0.3 is 0 Å². The quantitative estimate of drug-likeness (QED) is 0.104. The van der Waals surface area contributed by atoms with Crippen LogP contribution in [0.2, 0.25) is 5.02 Å². The van der Waals surface area contributed by atoms with Crippen LogP contribution >= 0.6 is 58.7 Å². The smallest absolute Gasteiger partial charge is 0.266 e. The van der Waals surface area contributed by atoms with Crippen molar-refractivity contribution >= 4 is 97.0 Å². The third-order valence-electron chi connectivity index (χ3n) is 5.27. The predicted octanol–water partition coefficient (Wildman–Crippen LogP) is 5.65. The summed E-state index contributed by atoms with van der Waals surface area (Å²) in [5.74, 6) is -0.487. The van der Waals surface area contributed by atoms with E-state index in [4.69, 9.17) is 23.8 Å². The molecule has 1 saturated heterocycles. The maximum absolute atomic E-state index is 12.7. The van der Waals surface area contributed by atoms with E-state index in [1.807, 2.05) is 42.5 Å². The zero-order chi connectivity index (χ0) is 26.2. The van der Waals surface area contributed by atoms with E-state index in [0.29, 0.717) is 27.2 Å². The zero-order valence-corrected chi connectivity index (χ0v) is 23.6. The molecule has 1 aliphatic heterocycles. The van der Waals surface area contributed by atoms with Crippen molar-refractivity contribution in [3.05, 3.63) is 64.0 Å². The lowest BCUT2D eigenvalue weighted by Gasteiger charge is -2.14. The van der Waals surface area contributed by atoms with Crippen molar-refractivity contribution in [2.45, 2.75) is 30.0 Å². The van der Waals surface area contributed by atoms with Crippen LogP contribution in [0, 0.1) is 0 Å². The Morgan fingerprint density at radius 3 is 2.59 bits per heavy atom. The lowest BCUT2D eigenvalue weighted by atomic mass is 10.2. The fourth-order valence-electron chi connectivity index (χ4n) is 3.41. The minimum atomic E-state index is -0.293. The van der Waals surface area contributed by atoms with Gasteiger partial charge in [0, 0.05) is 18.0 Å². The van der Waals surface area contributed by atoms with E-state index in [2.05, 4.69) is 15.8 Å². The summed E-state index contributed by atoms with van der Waals surface area (Å²) >= 11 is 15.4. The first-order valence-corrected chi connectivity index (χ1v) is 14.9. The van der Waals surface area contributed by atoms with E-state index >= 15 is 0 Å². The first kappa shape index (κ1) is 27.6. The van der Waals surface area contributed by atoms with Gasteiger partial charge in [0.25, 0.3) is 5.91 Å². The number of thiocarbonyl (C=S) groups is 1. The molecular formula is C25H23ClN4O3S4. The molecule has 0 saturated carbocycles. The summed E-state index contributed by atoms with van der Waals surface area (Å²) in [6, 6.07) is 15.1. The minimum Gasteiger partial charge on any atom is -0.293 e. The molecule has 0 spiro atoms. The van der Waals surface area contributed by atoms with Gasteiger partial charge in [-0.1, -0.05) is 78.0 Å². The van der Waals surface area contributed by atoms with Crippen molar-refractivity contribution in [2.24, 2.45) is 0 Å². The Hall–Kier alpha value is -2.44. The molecule has 2 heterocycles. The molecule has 0 aliphatic carbocycles. The molecule has 4 rings (SSSR count). The highest BCUT2D eigenvalue weighted by molar-refractivity contribution is 8.26. The molecule has 3 aromatic rings. The Morgan fingerprint density at radius 2 is 1.81 bits per heavy atom. The fraction of sp³-hybridized carbons (Fsp3) is 0.240. The SMILES string of the molecule is O=C(CCCCCN1C(=O)/C(=C/c2ccc(Cl)cc2)SC1=S)NNC(=O)CSc1nc2ccccc2s1. The number of para-hydroxylation sites is 1. The number of amides is 3. The number of thiazole rings is 1. The van der Waals surface area contributed by atoms with E-state index < -0.39 is 0 Å². The summed E-state index contributed by atoms with van der Waals surface area (Å²) in [5.41, 5.74) is 6.69. The Kier molecular flexibility index (Phi) is 9.98. The maximum Gasteiger partial charge on any atom is 0.266 e. The summed E-state index contributed by atoms with van der Waals surface area (Å²) in [7, 11) is 0. The predicted molar refractivity (Wildman–Crippen MR) is 156 cm³/mol. The van der Waals surface area contributed by atoms with Crippen molar-refractivity contribution in [3.8, 4) is 0 Å². The third-order valence-corrected chi connectivity index (χ3v) is 9.08. The van der Waals surface area contributed by atoms with Gasteiger partial charge in [-0.15, -0.1) is 11.3 Å². The number of nitrogens with zero attached hydrogens (tertiary/aromatic N) is 2. The molecule has 0 bridgehead atoms. The van der Waals surface area contributed by atoms with Crippen LogP contribution in [0.15, 0.2) is 57.8 Å². The van der Waals surface area contributed by atoms with Crippen molar-refractivity contribution in [2.75, 3.05) is 12.3 Å². The summed E-state index contributed by atoms with van der Waals surface area (Å²) in [4.78, 5) is 43.5. The Labute approximate surface area is 237 Å². The summed E-state index contributed by atoms with van der Waals surface area (Å²) in [5, 5.41) is 0.639. The number of halogens is 1. The summed E-state index contributed by atoms with van der Waals surface area (Å²) < 4.78 is 2.42. The molecule has 1 aromatic heterocycles. The lowest BCUT2D eigenvalue weighted by Crippen LogP contribution is -2.42. The molecule has 1 aliphatic rings. The van der Waals surface area contributed by atoms with Crippen LogP contribution in [0.25, 0.3) is 16.3 Å². The first-order valence-electron chi connectivity index (χ1n) is 11.5. The molecule has 7 nitrogen and oxygen atoms in total. The number of hydrogen-bond acceptors (Lipinski definition) is 8. The third kappa shape index (κ3) is 8.02. The van der Waals surface area contributed by atoms with Crippen LogP contribution in [0.5, 0.6) is 0 Å². The van der Waals surface area contributed by atoms with Gasteiger partial charge in [-0.2, -0.15) is 0 Å². The van der Waals surface area contributed by atoms with Crippen molar-refractivity contribution in [1.29, 1.82) is 0 Å². The number of fused-ring (bicyclic) bond motifs is 1. The van der Waals surface area contributed by atoms with Gasteiger partial charge >= 0.3 is 0 Å². The van der Waals surface area contributed by atoms with E-state index in [1.54, 1.807) is 17.0 Å². The summed E-state index contributed by atoms with van der Waals surface area (Å²) in [6.07, 6.45) is 4.20. The van der Waals surface area contributed by atoms with Gasteiger partial charge in [0.15, 0.2) is 4.34 Å². The number of nitrogens with one attached hydrogen (secondary N) is 2. The Balaban J connectivity index is 1.10. The van der Waals surface area contributed by atoms with Gasteiger partial charge in [0.05, 0.1) is 20.9 Å². The van der Waals surface area contributed by atoms with Crippen LogP contribution < -0.4 is 10.9 Å².